The van der Waals surface area contributed by atoms with Crippen molar-refractivity contribution in [1.82, 2.24) is 4.98 Å². The van der Waals surface area contributed by atoms with Crippen molar-refractivity contribution in [3.05, 3.63) is 52.3 Å². The first-order valence-electron chi connectivity index (χ1n) is 5.51. The molecule has 102 valence electrons. The van der Waals surface area contributed by atoms with Crippen LogP contribution in [0.4, 0.5) is 11.4 Å². The second-order valence-electron chi connectivity index (χ2n) is 3.99. The number of aromatic nitrogens is 1. The molecule has 1 aromatic carbocycles. The number of carboxylic acids is 1. The first kappa shape index (κ1) is 14.0. The molecule has 6 nitrogen and oxygen atoms in total. The van der Waals surface area contributed by atoms with Gasteiger partial charge in [-0.3, -0.25) is 9.78 Å². The van der Waals surface area contributed by atoms with Gasteiger partial charge < -0.3 is 16.2 Å². The summed E-state index contributed by atoms with van der Waals surface area (Å²) in [4.78, 5) is 26.6. The van der Waals surface area contributed by atoms with E-state index in [1.54, 1.807) is 12.1 Å². The molecular formula is C13H10BrN3O3. The average Bonchev–Trinajstić information content (AvgIpc) is 2.37. The highest BCUT2D eigenvalue weighted by Crippen LogP contribution is 2.18. The lowest BCUT2D eigenvalue weighted by Crippen LogP contribution is -2.13. The number of halogens is 1. The van der Waals surface area contributed by atoms with Gasteiger partial charge >= 0.3 is 5.97 Å². The number of benzene rings is 1. The third-order valence-electron chi connectivity index (χ3n) is 2.43. The molecule has 0 aliphatic carbocycles. The Morgan fingerprint density at radius 1 is 1.15 bits per heavy atom. The summed E-state index contributed by atoms with van der Waals surface area (Å²) in [6.07, 6.45) is 2.57. The Morgan fingerprint density at radius 2 is 1.90 bits per heavy atom. The van der Waals surface area contributed by atoms with Crippen LogP contribution in [-0.4, -0.2) is 22.0 Å². The zero-order valence-corrected chi connectivity index (χ0v) is 11.7. The molecule has 7 heteroatoms. The van der Waals surface area contributed by atoms with Crippen LogP contribution in [0.1, 0.15) is 20.7 Å². The number of nitrogens with one attached hydrogen (secondary N) is 1. The van der Waals surface area contributed by atoms with Crippen LogP contribution in [0.2, 0.25) is 0 Å². The first-order chi connectivity index (χ1) is 9.45. The molecule has 0 radical (unpaired) electrons. The van der Waals surface area contributed by atoms with E-state index < -0.39 is 11.9 Å². The first-order valence-corrected chi connectivity index (χ1v) is 6.31. The van der Waals surface area contributed by atoms with Gasteiger partial charge in [0.2, 0.25) is 0 Å². The topological polar surface area (TPSA) is 105 Å². The zero-order chi connectivity index (χ0) is 14.7. The van der Waals surface area contributed by atoms with Crippen LogP contribution in [-0.2, 0) is 0 Å². The maximum absolute atomic E-state index is 12.0. The Kier molecular flexibility index (Phi) is 3.99. The lowest BCUT2D eigenvalue weighted by molar-refractivity contribution is 0.0696. The molecule has 1 heterocycles. The van der Waals surface area contributed by atoms with Crippen LogP contribution in [0.15, 0.2) is 41.1 Å². The van der Waals surface area contributed by atoms with Crippen LogP contribution in [0.5, 0.6) is 0 Å². The molecule has 0 unspecified atom stereocenters. The van der Waals surface area contributed by atoms with E-state index in [2.05, 4.69) is 26.2 Å². The lowest BCUT2D eigenvalue weighted by atomic mass is 10.2. The molecule has 4 N–H and O–H groups in total. The molecule has 20 heavy (non-hydrogen) atoms. The number of nitrogen functional groups attached to an aromatic ring is 1. The highest BCUT2D eigenvalue weighted by atomic mass is 79.9. The second kappa shape index (κ2) is 5.70. The summed E-state index contributed by atoms with van der Waals surface area (Å²) in [5, 5.41) is 11.4. The number of carboxylic acid groups (broad SMARTS) is 1. The predicted octanol–water partition coefficient (Wildman–Crippen LogP) is 2.38. The van der Waals surface area contributed by atoms with Gasteiger partial charge in [0, 0.05) is 21.9 Å². The van der Waals surface area contributed by atoms with Crippen LogP contribution < -0.4 is 11.1 Å². The maximum atomic E-state index is 12.0. The molecule has 1 aromatic heterocycles. The maximum Gasteiger partial charge on any atom is 0.337 e. The number of carbonyl (C=O) groups is 2. The van der Waals surface area contributed by atoms with Gasteiger partial charge in [-0.2, -0.15) is 0 Å². The van der Waals surface area contributed by atoms with E-state index in [0.717, 1.165) is 0 Å². The molecule has 0 aliphatic heterocycles. The van der Waals surface area contributed by atoms with Crippen molar-refractivity contribution in [3.63, 3.8) is 0 Å². The highest BCUT2D eigenvalue weighted by Gasteiger charge is 2.10. The summed E-state index contributed by atoms with van der Waals surface area (Å²) >= 11 is 3.25. The molecule has 2 rings (SSSR count). The summed E-state index contributed by atoms with van der Waals surface area (Å²) < 4.78 is 0.681. The van der Waals surface area contributed by atoms with Gasteiger partial charge in [-0.05, 0) is 24.3 Å². The molecule has 0 aliphatic rings. The van der Waals surface area contributed by atoms with E-state index in [1.165, 1.54) is 24.5 Å². The summed E-state index contributed by atoms with van der Waals surface area (Å²) in [5.41, 5.74) is 6.76. The quantitative estimate of drug-likeness (QED) is 0.747. The average molecular weight is 336 g/mol. The zero-order valence-electron chi connectivity index (χ0n) is 10.1. The number of nitrogens with zero attached hydrogens (tertiary/aromatic N) is 1. The lowest BCUT2D eigenvalue weighted by Gasteiger charge is -2.07. The van der Waals surface area contributed by atoms with E-state index in [4.69, 9.17) is 10.8 Å². The van der Waals surface area contributed by atoms with Crippen LogP contribution in [0.3, 0.4) is 0 Å². The Balaban J connectivity index is 2.23. The van der Waals surface area contributed by atoms with Crippen molar-refractivity contribution < 1.29 is 14.7 Å². The highest BCUT2D eigenvalue weighted by molar-refractivity contribution is 9.10. The Morgan fingerprint density at radius 3 is 2.55 bits per heavy atom. The normalized spacial score (nSPS) is 10.1. The Hall–Kier alpha value is -2.41. The molecule has 0 saturated heterocycles. The summed E-state index contributed by atoms with van der Waals surface area (Å²) in [6.45, 7) is 0. The number of anilines is 2. The second-order valence-corrected chi connectivity index (χ2v) is 4.91. The molecule has 2 aromatic rings. The molecule has 0 atom stereocenters. The number of nitrogens with two attached hydrogens (primary N) is 1. The number of amides is 1. The van der Waals surface area contributed by atoms with Gasteiger partial charge in [-0.25, -0.2) is 4.79 Å². The van der Waals surface area contributed by atoms with E-state index >= 15 is 0 Å². The monoisotopic (exact) mass is 335 g/mol. The van der Waals surface area contributed by atoms with Gasteiger partial charge in [-0.15, -0.1) is 0 Å². The SMILES string of the molecule is Nc1cc(Br)cc(C(=O)Nc2cncc(C(=O)O)c2)c1. The van der Waals surface area contributed by atoms with Crippen LogP contribution >= 0.6 is 15.9 Å². The number of hydrogen-bond acceptors (Lipinski definition) is 4. The van der Waals surface area contributed by atoms with Crippen LogP contribution in [0, 0.1) is 0 Å². The largest absolute Gasteiger partial charge is 0.478 e. The van der Waals surface area contributed by atoms with Crippen molar-refractivity contribution in [2.45, 2.75) is 0 Å². The van der Waals surface area contributed by atoms with Crippen molar-refractivity contribution in [2.24, 2.45) is 0 Å². The van der Waals surface area contributed by atoms with Gasteiger partial charge in [0.15, 0.2) is 0 Å². The van der Waals surface area contributed by atoms with E-state index in [0.29, 0.717) is 21.4 Å². The number of pyridine rings is 1. The van der Waals surface area contributed by atoms with Gasteiger partial charge in [0.1, 0.15) is 0 Å². The van der Waals surface area contributed by atoms with Gasteiger partial charge in [-0.1, -0.05) is 15.9 Å². The smallest absolute Gasteiger partial charge is 0.337 e. The minimum Gasteiger partial charge on any atom is -0.478 e. The summed E-state index contributed by atoms with van der Waals surface area (Å²) in [7, 11) is 0. The minimum atomic E-state index is -1.11. The molecule has 0 saturated carbocycles. The summed E-state index contributed by atoms with van der Waals surface area (Å²) in [6, 6.07) is 6.13. The molecule has 0 spiro atoms. The van der Waals surface area contributed by atoms with Crippen molar-refractivity contribution in [3.8, 4) is 0 Å². The third-order valence-corrected chi connectivity index (χ3v) is 2.88. The molecule has 0 bridgehead atoms. The third kappa shape index (κ3) is 3.33. The van der Waals surface area contributed by atoms with Crippen molar-refractivity contribution >= 4 is 39.2 Å². The fourth-order valence-electron chi connectivity index (χ4n) is 1.57. The van der Waals surface area contributed by atoms with Gasteiger partial charge in [0.05, 0.1) is 17.4 Å². The minimum absolute atomic E-state index is 0.00319. The molecule has 0 fully saturated rings. The molecule has 1 amide bonds. The van der Waals surface area contributed by atoms with E-state index in [9.17, 15) is 9.59 Å². The van der Waals surface area contributed by atoms with Crippen molar-refractivity contribution in [2.75, 3.05) is 11.1 Å². The predicted molar refractivity (Wildman–Crippen MR) is 77.7 cm³/mol. The number of aromatic carboxylic acids is 1. The van der Waals surface area contributed by atoms with E-state index in [1.807, 2.05) is 0 Å². The van der Waals surface area contributed by atoms with E-state index in [-0.39, 0.29) is 5.56 Å². The molecular weight excluding hydrogens is 326 g/mol. The van der Waals surface area contributed by atoms with Crippen LogP contribution in [0.25, 0.3) is 0 Å². The Bertz CT molecular complexity index is 668. The number of rotatable bonds is 3. The fourth-order valence-corrected chi connectivity index (χ4v) is 2.08. The van der Waals surface area contributed by atoms with Crippen molar-refractivity contribution in [1.29, 1.82) is 0 Å². The number of hydrogen-bond donors (Lipinski definition) is 3. The van der Waals surface area contributed by atoms with Gasteiger partial charge in [0.25, 0.3) is 5.91 Å². The number of carbonyl (C=O) groups excluding carboxylic acids is 1. The standard InChI is InChI=1S/C13H10BrN3O3/c14-9-1-7(2-10(15)4-9)12(18)17-11-3-8(13(19)20)5-16-6-11/h1-6H,15H2,(H,17,18)(H,19,20). The fraction of sp³-hybridized carbons (Fsp3) is 0. The summed E-state index contributed by atoms with van der Waals surface area (Å²) in [5.74, 6) is -1.51. The Labute approximate surface area is 122 Å².